The second kappa shape index (κ2) is 5.21. The lowest BCUT2D eigenvalue weighted by atomic mass is 10.2. The molecule has 0 heterocycles. The van der Waals surface area contributed by atoms with Crippen molar-refractivity contribution in [3.63, 3.8) is 0 Å². The van der Waals surface area contributed by atoms with Gasteiger partial charge in [0.15, 0.2) is 0 Å². The molecule has 0 spiro atoms. The highest BCUT2D eigenvalue weighted by molar-refractivity contribution is 5.42. The van der Waals surface area contributed by atoms with Crippen LogP contribution in [-0.2, 0) is 6.61 Å². The number of nitriles is 1. The molecule has 18 heavy (non-hydrogen) atoms. The molecule has 4 heteroatoms. The number of hydrogen-bond donors (Lipinski definition) is 2. The van der Waals surface area contributed by atoms with Crippen molar-refractivity contribution in [3.8, 4) is 23.3 Å². The van der Waals surface area contributed by atoms with Crippen LogP contribution in [0.15, 0.2) is 42.5 Å². The molecule has 0 amide bonds. The summed E-state index contributed by atoms with van der Waals surface area (Å²) >= 11 is 0. The van der Waals surface area contributed by atoms with Crippen molar-refractivity contribution in [2.45, 2.75) is 6.61 Å². The quantitative estimate of drug-likeness (QED) is 0.866. The fourth-order valence-electron chi connectivity index (χ4n) is 1.49. The van der Waals surface area contributed by atoms with Crippen molar-refractivity contribution < 1.29 is 14.9 Å². The highest BCUT2D eigenvalue weighted by Crippen LogP contribution is 2.27. The maximum Gasteiger partial charge on any atom is 0.128 e. The van der Waals surface area contributed by atoms with Gasteiger partial charge in [0.25, 0.3) is 0 Å². The summed E-state index contributed by atoms with van der Waals surface area (Å²) in [4.78, 5) is 0. The van der Waals surface area contributed by atoms with Crippen molar-refractivity contribution in [2.24, 2.45) is 0 Å². The summed E-state index contributed by atoms with van der Waals surface area (Å²) in [6.45, 7) is -0.254. The maximum absolute atomic E-state index is 9.42. The monoisotopic (exact) mass is 241 g/mol. The van der Waals surface area contributed by atoms with E-state index in [0.29, 0.717) is 22.6 Å². The number of hydrogen-bond acceptors (Lipinski definition) is 4. The van der Waals surface area contributed by atoms with Crippen LogP contribution >= 0.6 is 0 Å². The van der Waals surface area contributed by atoms with E-state index in [9.17, 15) is 5.11 Å². The summed E-state index contributed by atoms with van der Waals surface area (Å²) in [6.07, 6.45) is 0. The van der Waals surface area contributed by atoms with Gasteiger partial charge < -0.3 is 14.9 Å². The Bertz CT molecular complexity index is 585. The van der Waals surface area contributed by atoms with E-state index in [4.69, 9.17) is 15.1 Å². The van der Waals surface area contributed by atoms with E-state index in [1.165, 1.54) is 6.07 Å². The summed E-state index contributed by atoms with van der Waals surface area (Å²) < 4.78 is 5.54. The number of benzene rings is 2. The molecule has 2 N–H and O–H groups in total. The molecule has 0 aliphatic carbocycles. The van der Waals surface area contributed by atoms with Gasteiger partial charge >= 0.3 is 0 Å². The van der Waals surface area contributed by atoms with Crippen LogP contribution in [-0.4, -0.2) is 10.2 Å². The lowest BCUT2D eigenvalue weighted by molar-refractivity contribution is 0.275. The zero-order valence-electron chi connectivity index (χ0n) is 9.50. The third-order valence-electron chi connectivity index (χ3n) is 2.44. The Hall–Kier alpha value is -2.51. The van der Waals surface area contributed by atoms with Gasteiger partial charge in [-0.05, 0) is 42.5 Å². The number of aliphatic hydroxyl groups is 1. The van der Waals surface area contributed by atoms with Crippen LogP contribution in [0.5, 0.6) is 17.2 Å². The smallest absolute Gasteiger partial charge is 0.128 e. The Kier molecular flexibility index (Phi) is 3.46. The average molecular weight is 241 g/mol. The number of phenols is 1. The first-order chi connectivity index (χ1) is 8.72. The Morgan fingerprint density at radius 3 is 2.33 bits per heavy atom. The molecule has 2 aromatic rings. The molecule has 90 valence electrons. The number of rotatable bonds is 3. The second-order valence-corrected chi connectivity index (χ2v) is 3.69. The van der Waals surface area contributed by atoms with Crippen molar-refractivity contribution in [1.82, 2.24) is 0 Å². The molecule has 0 saturated heterocycles. The Morgan fingerprint density at radius 2 is 1.72 bits per heavy atom. The van der Waals surface area contributed by atoms with E-state index in [2.05, 4.69) is 0 Å². The van der Waals surface area contributed by atoms with Gasteiger partial charge in [-0.15, -0.1) is 0 Å². The zero-order chi connectivity index (χ0) is 13.0. The number of aliphatic hydroxyl groups excluding tert-OH is 1. The van der Waals surface area contributed by atoms with Gasteiger partial charge in [-0.25, -0.2) is 0 Å². The minimum Gasteiger partial charge on any atom is -0.508 e. The van der Waals surface area contributed by atoms with Crippen LogP contribution in [0.1, 0.15) is 11.1 Å². The first kappa shape index (κ1) is 12.0. The average Bonchev–Trinajstić information content (AvgIpc) is 2.42. The first-order valence-corrected chi connectivity index (χ1v) is 5.33. The van der Waals surface area contributed by atoms with E-state index in [1.54, 1.807) is 36.4 Å². The summed E-state index contributed by atoms with van der Waals surface area (Å²) in [5.74, 6) is 1.13. The molecule has 0 aromatic heterocycles. The highest BCUT2D eigenvalue weighted by Gasteiger charge is 2.03. The Morgan fingerprint density at radius 1 is 1.06 bits per heavy atom. The summed E-state index contributed by atoms with van der Waals surface area (Å²) in [6, 6.07) is 13.3. The third kappa shape index (κ3) is 2.59. The van der Waals surface area contributed by atoms with Crippen LogP contribution in [0.2, 0.25) is 0 Å². The van der Waals surface area contributed by atoms with Gasteiger partial charge in [0.05, 0.1) is 18.2 Å². The van der Waals surface area contributed by atoms with Crippen LogP contribution in [0.4, 0.5) is 0 Å². The first-order valence-electron chi connectivity index (χ1n) is 5.33. The van der Waals surface area contributed by atoms with Crippen molar-refractivity contribution in [1.29, 1.82) is 5.26 Å². The molecule has 0 atom stereocenters. The van der Waals surface area contributed by atoms with E-state index < -0.39 is 0 Å². The van der Waals surface area contributed by atoms with Crippen LogP contribution in [0, 0.1) is 11.3 Å². The fourth-order valence-corrected chi connectivity index (χ4v) is 1.49. The van der Waals surface area contributed by atoms with E-state index >= 15 is 0 Å². The van der Waals surface area contributed by atoms with Gasteiger partial charge in [-0.1, -0.05) is 0 Å². The van der Waals surface area contributed by atoms with Gasteiger partial charge in [-0.2, -0.15) is 5.26 Å². The molecule has 0 bridgehead atoms. The largest absolute Gasteiger partial charge is 0.508 e. The summed E-state index contributed by atoms with van der Waals surface area (Å²) in [7, 11) is 0. The fraction of sp³-hybridized carbons (Fsp3) is 0.0714. The predicted molar refractivity (Wildman–Crippen MR) is 65.3 cm³/mol. The lowest BCUT2D eigenvalue weighted by Crippen LogP contribution is -1.88. The summed E-state index contributed by atoms with van der Waals surface area (Å²) in [5.41, 5.74) is 0.963. The van der Waals surface area contributed by atoms with E-state index in [0.717, 1.165) is 0 Å². The molecule has 0 aliphatic rings. The molecule has 0 fully saturated rings. The molecule has 0 saturated carbocycles. The number of aromatic hydroxyl groups is 1. The molecule has 0 unspecified atom stereocenters. The minimum atomic E-state index is -0.254. The van der Waals surface area contributed by atoms with Crippen molar-refractivity contribution in [2.75, 3.05) is 0 Å². The van der Waals surface area contributed by atoms with Crippen molar-refractivity contribution >= 4 is 0 Å². The number of nitrogens with zero attached hydrogens (tertiary/aromatic N) is 1. The Balaban J connectivity index is 2.20. The highest BCUT2D eigenvalue weighted by atomic mass is 16.5. The molecule has 0 aliphatic heterocycles. The van der Waals surface area contributed by atoms with Crippen LogP contribution < -0.4 is 4.74 Å². The molecule has 2 rings (SSSR count). The third-order valence-corrected chi connectivity index (χ3v) is 2.44. The summed E-state index contributed by atoms with van der Waals surface area (Å²) in [5, 5.41) is 27.1. The second-order valence-electron chi connectivity index (χ2n) is 3.69. The Labute approximate surface area is 104 Å². The zero-order valence-corrected chi connectivity index (χ0v) is 9.50. The van der Waals surface area contributed by atoms with E-state index in [1.807, 2.05) is 6.07 Å². The SMILES string of the molecule is N#Cc1ccc(Oc2ccc(O)c(CO)c2)cc1. The van der Waals surface area contributed by atoms with Crippen LogP contribution in [0.25, 0.3) is 0 Å². The molecule has 4 nitrogen and oxygen atoms in total. The standard InChI is InChI=1S/C14H11NO3/c15-8-10-1-3-12(4-2-10)18-13-5-6-14(17)11(7-13)9-16/h1-7,16-17H,9H2. The predicted octanol–water partition coefficient (Wildman–Crippen LogP) is 2.55. The molecular formula is C14H11NO3. The normalized spacial score (nSPS) is 9.78. The van der Waals surface area contributed by atoms with Crippen molar-refractivity contribution in [3.05, 3.63) is 53.6 Å². The van der Waals surface area contributed by atoms with Gasteiger partial charge in [0.1, 0.15) is 17.2 Å². The topological polar surface area (TPSA) is 73.5 Å². The van der Waals surface area contributed by atoms with Gasteiger partial charge in [-0.3, -0.25) is 0 Å². The van der Waals surface area contributed by atoms with E-state index in [-0.39, 0.29) is 12.4 Å². The number of ether oxygens (including phenoxy) is 1. The molecular weight excluding hydrogens is 230 g/mol. The minimum absolute atomic E-state index is 0.0321. The van der Waals surface area contributed by atoms with Gasteiger partial charge in [0.2, 0.25) is 0 Å². The molecule has 0 radical (unpaired) electrons. The molecule has 2 aromatic carbocycles. The maximum atomic E-state index is 9.42. The lowest BCUT2D eigenvalue weighted by Gasteiger charge is -2.08. The van der Waals surface area contributed by atoms with Crippen LogP contribution in [0.3, 0.4) is 0 Å². The van der Waals surface area contributed by atoms with Gasteiger partial charge in [0, 0.05) is 5.56 Å².